The number of aryl methyl sites for hydroxylation is 2. The number of carbonyl (C=O) groups is 2. The number of anilines is 2. The Kier molecular flexibility index (Phi) is 7.17. The van der Waals surface area contributed by atoms with Crippen LogP contribution < -0.4 is 10.6 Å². The first-order chi connectivity index (χ1) is 13.8. The topological polar surface area (TPSA) is 61.4 Å². The third kappa shape index (κ3) is 5.95. The molecule has 1 aliphatic rings. The summed E-state index contributed by atoms with van der Waals surface area (Å²) in [7, 11) is 0. The van der Waals surface area contributed by atoms with E-state index in [1.165, 1.54) is 5.56 Å². The number of amides is 2. The average Bonchev–Trinajstić information content (AvgIpc) is 2.67. The van der Waals surface area contributed by atoms with Crippen molar-refractivity contribution < 1.29 is 9.59 Å². The Morgan fingerprint density at radius 1 is 1.00 bits per heavy atom. The van der Waals surface area contributed by atoms with Crippen LogP contribution in [0.2, 0.25) is 10.0 Å². The first kappa shape index (κ1) is 21.6. The monoisotopic (exact) mass is 433 g/mol. The Morgan fingerprint density at radius 3 is 2.38 bits per heavy atom. The normalized spacial score (nSPS) is 15.2. The van der Waals surface area contributed by atoms with Crippen molar-refractivity contribution in [2.45, 2.75) is 26.7 Å². The maximum atomic E-state index is 12.6. The van der Waals surface area contributed by atoms with Gasteiger partial charge in [0.05, 0.1) is 16.6 Å². The number of carbonyl (C=O) groups excluding carboxylic acids is 2. The van der Waals surface area contributed by atoms with Crippen molar-refractivity contribution in [1.82, 2.24) is 4.90 Å². The van der Waals surface area contributed by atoms with Gasteiger partial charge in [-0.3, -0.25) is 14.5 Å². The van der Waals surface area contributed by atoms with Crippen molar-refractivity contribution >= 4 is 46.4 Å². The van der Waals surface area contributed by atoms with Gasteiger partial charge in [0.2, 0.25) is 11.8 Å². The molecule has 0 unspecified atom stereocenters. The number of nitrogens with one attached hydrogen (secondary N) is 2. The number of hydrogen-bond acceptors (Lipinski definition) is 3. The van der Waals surface area contributed by atoms with E-state index in [0.29, 0.717) is 28.8 Å². The van der Waals surface area contributed by atoms with Crippen LogP contribution >= 0.6 is 23.2 Å². The number of piperidine rings is 1. The van der Waals surface area contributed by atoms with Crippen molar-refractivity contribution in [3.05, 3.63) is 57.6 Å². The maximum Gasteiger partial charge on any atom is 0.238 e. The number of halogens is 2. The maximum absolute atomic E-state index is 12.6. The minimum absolute atomic E-state index is 0.0370. The van der Waals surface area contributed by atoms with Gasteiger partial charge in [-0.15, -0.1) is 0 Å². The van der Waals surface area contributed by atoms with Crippen LogP contribution in [0.4, 0.5) is 11.4 Å². The van der Waals surface area contributed by atoms with Crippen LogP contribution in [0, 0.1) is 19.8 Å². The van der Waals surface area contributed by atoms with Crippen LogP contribution in [0.25, 0.3) is 0 Å². The zero-order valence-electron chi connectivity index (χ0n) is 16.6. The molecule has 0 spiro atoms. The molecule has 29 heavy (non-hydrogen) atoms. The fourth-order valence-electron chi connectivity index (χ4n) is 3.52. The van der Waals surface area contributed by atoms with Crippen molar-refractivity contribution in [3.8, 4) is 0 Å². The molecule has 2 amide bonds. The van der Waals surface area contributed by atoms with E-state index in [-0.39, 0.29) is 24.3 Å². The van der Waals surface area contributed by atoms with Gasteiger partial charge in [0.1, 0.15) is 0 Å². The molecule has 7 heteroatoms. The van der Waals surface area contributed by atoms with Crippen molar-refractivity contribution in [2.75, 3.05) is 30.3 Å². The Morgan fingerprint density at radius 2 is 1.72 bits per heavy atom. The van der Waals surface area contributed by atoms with E-state index in [0.717, 1.165) is 24.1 Å². The molecule has 0 aliphatic carbocycles. The summed E-state index contributed by atoms with van der Waals surface area (Å²) in [5, 5.41) is 6.73. The van der Waals surface area contributed by atoms with Gasteiger partial charge in [-0.05, 0) is 69.6 Å². The van der Waals surface area contributed by atoms with Gasteiger partial charge in [-0.1, -0.05) is 40.9 Å². The summed E-state index contributed by atoms with van der Waals surface area (Å²) < 4.78 is 0. The fourth-order valence-corrected chi connectivity index (χ4v) is 3.82. The molecular weight excluding hydrogens is 409 g/mol. The Labute approximate surface area is 181 Å². The Balaban J connectivity index is 1.46. The SMILES string of the molecule is Cc1ccc(NC(=O)C2CCN(CC(=O)Nc3ccc(Cl)c(Cl)c3)CC2)c(C)c1. The smallest absolute Gasteiger partial charge is 0.238 e. The van der Waals surface area contributed by atoms with Gasteiger partial charge in [-0.25, -0.2) is 0 Å². The number of nitrogens with zero attached hydrogens (tertiary/aromatic N) is 1. The quantitative estimate of drug-likeness (QED) is 0.704. The molecule has 1 saturated heterocycles. The summed E-state index contributed by atoms with van der Waals surface area (Å²) in [5.41, 5.74) is 3.72. The highest BCUT2D eigenvalue weighted by atomic mass is 35.5. The highest BCUT2D eigenvalue weighted by molar-refractivity contribution is 6.42. The average molecular weight is 434 g/mol. The van der Waals surface area contributed by atoms with Gasteiger partial charge in [0.15, 0.2) is 0 Å². The lowest BCUT2D eigenvalue weighted by Gasteiger charge is -2.30. The fraction of sp³-hybridized carbons (Fsp3) is 0.364. The van der Waals surface area contributed by atoms with Crippen molar-refractivity contribution in [1.29, 1.82) is 0 Å². The highest BCUT2D eigenvalue weighted by Gasteiger charge is 2.26. The third-order valence-electron chi connectivity index (χ3n) is 5.17. The molecule has 1 fully saturated rings. The summed E-state index contributed by atoms with van der Waals surface area (Å²) in [5.74, 6) is -0.0940. The highest BCUT2D eigenvalue weighted by Crippen LogP contribution is 2.25. The second kappa shape index (κ2) is 9.61. The van der Waals surface area contributed by atoms with Gasteiger partial charge in [0, 0.05) is 17.3 Å². The molecule has 3 rings (SSSR count). The number of rotatable bonds is 5. The van der Waals surface area contributed by atoms with Crippen LogP contribution in [0.5, 0.6) is 0 Å². The summed E-state index contributed by atoms with van der Waals surface area (Å²) in [6.07, 6.45) is 1.47. The lowest BCUT2D eigenvalue weighted by Crippen LogP contribution is -2.41. The Hall–Kier alpha value is -2.08. The van der Waals surface area contributed by atoms with Crippen LogP contribution in [-0.4, -0.2) is 36.3 Å². The van der Waals surface area contributed by atoms with Gasteiger partial charge in [0.25, 0.3) is 0 Å². The van der Waals surface area contributed by atoms with E-state index in [2.05, 4.69) is 21.6 Å². The summed E-state index contributed by atoms with van der Waals surface area (Å²) in [6.45, 7) is 5.73. The molecule has 5 nitrogen and oxygen atoms in total. The summed E-state index contributed by atoms with van der Waals surface area (Å²) in [4.78, 5) is 27.0. The molecule has 1 aliphatic heterocycles. The zero-order chi connectivity index (χ0) is 21.0. The molecule has 0 atom stereocenters. The number of hydrogen-bond donors (Lipinski definition) is 2. The molecule has 2 aromatic rings. The molecule has 0 saturated carbocycles. The second-order valence-corrected chi connectivity index (χ2v) is 8.35. The molecule has 0 aromatic heterocycles. The molecular formula is C22H25Cl2N3O2. The third-order valence-corrected chi connectivity index (χ3v) is 5.91. The standard InChI is InChI=1S/C22H25Cl2N3O2/c1-14-3-6-20(15(2)11-14)26-22(29)16-7-9-27(10-8-16)13-21(28)25-17-4-5-18(23)19(24)12-17/h3-6,11-12,16H,7-10,13H2,1-2H3,(H,25,28)(H,26,29). The summed E-state index contributed by atoms with van der Waals surface area (Å²) in [6, 6.07) is 11.0. The zero-order valence-corrected chi connectivity index (χ0v) is 18.1. The minimum Gasteiger partial charge on any atom is -0.326 e. The van der Waals surface area contributed by atoms with Gasteiger partial charge >= 0.3 is 0 Å². The minimum atomic E-state index is -0.110. The second-order valence-electron chi connectivity index (χ2n) is 7.54. The molecule has 0 radical (unpaired) electrons. The molecule has 154 valence electrons. The Bertz CT molecular complexity index is 909. The van der Waals surface area contributed by atoms with Crippen LogP contribution in [-0.2, 0) is 9.59 Å². The predicted molar refractivity (Wildman–Crippen MR) is 119 cm³/mol. The van der Waals surface area contributed by atoms with Crippen molar-refractivity contribution in [3.63, 3.8) is 0 Å². The van der Waals surface area contributed by atoms with Gasteiger partial charge in [-0.2, -0.15) is 0 Å². The van der Waals surface area contributed by atoms with Crippen LogP contribution in [0.15, 0.2) is 36.4 Å². The largest absolute Gasteiger partial charge is 0.326 e. The summed E-state index contributed by atoms with van der Waals surface area (Å²) >= 11 is 11.9. The van der Waals surface area contributed by atoms with E-state index in [9.17, 15) is 9.59 Å². The van der Waals surface area contributed by atoms with Crippen LogP contribution in [0.3, 0.4) is 0 Å². The van der Waals surface area contributed by atoms with Crippen LogP contribution in [0.1, 0.15) is 24.0 Å². The van der Waals surface area contributed by atoms with E-state index < -0.39 is 0 Å². The first-order valence-corrected chi connectivity index (χ1v) is 10.4. The lowest BCUT2D eigenvalue weighted by atomic mass is 9.95. The predicted octanol–water partition coefficient (Wildman–Crippen LogP) is 4.90. The van der Waals surface area contributed by atoms with E-state index in [1.807, 2.05) is 26.0 Å². The molecule has 1 heterocycles. The van der Waals surface area contributed by atoms with E-state index in [4.69, 9.17) is 23.2 Å². The molecule has 2 aromatic carbocycles. The number of likely N-dealkylation sites (tertiary alicyclic amines) is 1. The van der Waals surface area contributed by atoms with Gasteiger partial charge < -0.3 is 10.6 Å². The van der Waals surface area contributed by atoms with Crippen molar-refractivity contribution in [2.24, 2.45) is 5.92 Å². The van der Waals surface area contributed by atoms with E-state index in [1.54, 1.807) is 18.2 Å². The lowest BCUT2D eigenvalue weighted by molar-refractivity contribution is -0.121. The molecule has 0 bridgehead atoms. The number of benzene rings is 2. The first-order valence-electron chi connectivity index (χ1n) is 9.67. The molecule has 2 N–H and O–H groups in total. The van der Waals surface area contributed by atoms with E-state index >= 15 is 0 Å².